The first-order valence-corrected chi connectivity index (χ1v) is 7.89. The lowest BCUT2D eigenvalue weighted by Crippen LogP contribution is -1.98. The van der Waals surface area contributed by atoms with E-state index in [2.05, 4.69) is 18.8 Å². The van der Waals surface area contributed by atoms with Crippen molar-refractivity contribution in [3.05, 3.63) is 29.6 Å². The van der Waals surface area contributed by atoms with E-state index in [4.69, 9.17) is 10.5 Å². The Bertz CT molecular complexity index is 462. The monoisotopic (exact) mass is 291 g/mol. The number of benzene rings is 1. The summed E-state index contributed by atoms with van der Waals surface area (Å²) >= 11 is 0. The molecule has 1 aromatic rings. The summed E-state index contributed by atoms with van der Waals surface area (Å²) in [5.41, 5.74) is 5.63. The molecular formula is C18H26FNO. The van der Waals surface area contributed by atoms with Gasteiger partial charge < -0.3 is 10.5 Å². The van der Waals surface area contributed by atoms with Crippen molar-refractivity contribution >= 4 is 0 Å². The normalized spacial score (nSPS) is 10.0. The average Bonchev–Trinajstić information content (AvgIpc) is 2.49. The third-order valence-electron chi connectivity index (χ3n) is 3.28. The smallest absolute Gasteiger partial charge is 0.142 e. The van der Waals surface area contributed by atoms with Crippen molar-refractivity contribution in [3.63, 3.8) is 0 Å². The van der Waals surface area contributed by atoms with Gasteiger partial charge in [0.15, 0.2) is 0 Å². The third kappa shape index (κ3) is 7.72. The summed E-state index contributed by atoms with van der Waals surface area (Å²) in [6.45, 7) is 3.09. The number of hydrogen-bond acceptors (Lipinski definition) is 2. The summed E-state index contributed by atoms with van der Waals surface area (Å²) in [6.07, 6.45) is 8.68. The first kappa shape index (κ1) is 17.5. The lowest BCUT2D eigenvalue weighted by atomic mass is 10.1. The molecule has 0 heterocycles. The van der Waals surface area contributed by atoms with Crippen LogP contribution in [0.2, 0.25) is 0 Å². The van der Waals surface area contributed by atoms with E-state index in [1.807, 2.05) is 0 Å². The minimum Gasteiger partial charge on any atom is -0.493 e. The molecule has 116 valence electrons. The molecule has 2 nitrogen and oxygen atoms in total. The van der Waals surface area contributed by atoms with Gasteiger partial charge in [0.05, 0.1) is 18.7 Å². The minimum atomic E-state index is -0.354. The summed E-state index contributed by atoms with van der Waals surface area (Å²) in [7, 11) is 0. The maximum absolute atomic E-state index is 13.7. The Hall–Kier alpha value is -1.53. The van der Waals surface area contributed by atoms with Gasteiger partial charge in [0.2, 0.25) is 0 Å². The molecule has 0 aromatic heterocycles. The highest BCUT2D eigenvalue weighted by atomic mass is 19.1. The molecule has 0 saturated carbocycles. The molecule has 0 fully saturated rings. The van der Waals surface area contributed by atoms with Crippen LogP contribution in [0.15, 0.2) is 18.2 Å². The summed E-state index contributed by atoms with van der Waals surface area (Å²) in [6, 6.07) is 4.78. The van der Waals surface area contributed by atoms with Gasteiger partial charge in [0, 0.05) is 6.07 Å². The molecule has 0 aliphatic heterocycles. The van der Waals surface area contributed by atoms with Crippen LogP contribution < -0.4 is 10.5 Å². The first-order chi connectivity index (χ1) is 10.3. The van der Waals surface area contributed by atoms with Crippen molar-refractivity contribution < 1.29 is 9.13 Å². The quantitative estimate of drug-likeness (QED) is 0.545. The molecule has 0 atom stereocenters. The molecule has 0 aliphatic carbocycles. The van der Waals surface area contributed by atoms with E-state index in [9.17, 15) is 4.39 Å². The van der Waals surface area contributed by atoms with Crippen molar-refractivity contribution in [2.24, 2.45) is 5.73 Å². The van der Waals surface area contributed by atoms with Gasteiger partial charge in [-0.3, -0.25) is 0 Å². The first-order valence-electron chi connectivity index (χ1n) is 7.89. The molecule has 2 N–H and O–H groups in total. The van der Waals surface area contributed by atoms with Crippen LogP contribution in [0.4, 0.5) is 4.39 Å². The van der Waals surface area contributed by atoms with E-state index in [-0.39, 0.29) is 12.4 Å². The third-order valence-corrected chi connectivity index (χ3v) is 3.28. The fourth-order valence-electron chi connectivity index (χ4n) is 2.08. The van der Waals surface area contributed by atoms with Crippen LogP contribution in [0, 0.1) is 17.7 Å². The molecule has 0 radical (unpaired) electrons. The fraction of sp³-hybridized carbons (Fsp3) is 0.556. The molecule has 0 amide bonds. The predicted molar refractivity (Wildman–Crippen MR) is 85.8 cm³/mol. The molecule has 1 aromatic carbocycles. The Labute approximate surface area is 127 Å². The second-order valence-electron chi connectivity index (χ2n) is 5.12. The van der Waals surface area contributed by atoms with Crippen LogP contribution in [0.1, 0.15) is 57.4 Å². The zero-order valence-corrected chi connectivity index (χ0v) is 13.0. The summed E-state index contributed by atoms with van der Waals surface area (Å²) < 4.78 is 19.3. The molecule has 0 spiro atoms. The van der Waals surface area contributed by atoms with Gasteiger partial charge in [0.1, 0.15) is 11.6 Å². The molecule has 0 unspecified atom stereocenters. The van der Waals surface area contributed by atoms with Crippen molar-refractivity contribution in [1.82, 2.24) is 0 Å². The highest BCUT2D eigenvalue weighted by molar-refractivity contribution is 5.39. The van der Waals surface area contributed by atoms with Crippen LogP contribution in [-0.4, -0.2) is 13.2 Å². The highest BCUT2D eigenvalue weighted by Crippen LogP contribution is 2.16. The molecular weight excluding hydrogens is 265 g/mol. The van der Waals surface area contributed by atoms with E-state index in [1.54, 1.807) is 12.1 Å². The van der Waals surface area contributed by atoms with Gasteiger partial charge in [0.25, 0.3) is 0 Å². The van der Waals surface area contributed by atoms with Gasteiger partial charge in [-0.15, -0.1) is 0 Å². The molecule has 3 heteroatoms. The Morgan fingerprint density at radius 3 is 2.48 bits per heavy atom. The lowest BCUT2D eigenvalue weighted by Gasteiger charge is -2.07. The number of rotatable bonds is 9. The van der Waals surface area contributed by atoms with Crippen LogP contribution in [-0.2, 0) is 0 Å². The predicted octanol–water partition coefficient (Wildman–Crippen LogP) is 4.27. The van der Waals surface area contributed by atoms with E-state index >= 15 is 0 Å². The van der Waals surface area contributed by atoms with Crippen molar-refractivity contribution in [2.45, 2.75) is 51.9 Å². The van der Waals surface area contributed by atoms with Gasteiger partial charge in [-0.2, -0.15) is 0 Å². The number of hydrogen-bond donors (Lipinski definition) is 1. The standard InChI is InChI=1S/C18H26FNO/c1-2-3-4-5-6-7-8-14-21-17-12-11-16(10-9-13-20)18(19)15-17/h11-12,15H,2-8,13-14,20H2,1H3. The zero-order valence-electron chi connectivity index (χ0n) is 13.0. The second-order valence-corrected chi connectivity index (χ2v) is 5.12. The molecule has 0 saturated heterocycles. The van der Waals surface area contributed by atoms with Crippen LogP contribution in [0.5, 0.6) is 5.75 Å². The average molecular weight is 291 g/mol. The van der Waals surface area contributed by atoms with E-state index in [0.717, 1.165) is 6.42 Å². The number of nitrogens with two attached hydrogens (primary N) is 1. The van der Waals surface area contributed by atoms with Crippen LogP contribution in [0.3, 0.4) is 0 Å². The Morgan fingerprint density at radius 1 is 1.10 bits per heavy atom. The maximum Gasteiger partial charge on any atom is 0.142 e. The Balaban J connectivity index is 2.22. The van der Waals surface area contributed by atoms with E-state index in [1.165, 1.54) is 44.6 Å². The van der Waals surface area contributed by atoms with Crippen LogP contribution in [0.25, 0.3) is 0 Å². The highest BCUT2D eigenvalue weighted by Gasteiger charge is 2.02. The lowest BCUT2D eigenvalue weighted by molar-refractivity contribution is 0.303. The topological polar surface area (TPSA) is 35.2 Å². The van der Waals surface area contributed by atoms with Gasteiger partial charge in [-0.1, -0.05) is 57.3 Å². The molecule has 21 heavy (non-hydrogen) atoms. The maximum atomic E-state index is 13.7. The summed E-state index contributed by atoms with van der Waals surface area (Å²) in [5.74, 6) is 5.55. The van der Waals surface area contributed by atoms with Crippen molar-refractivity contribution in [2.75, 3.05) is 13.2 Å². The Kier molecular flexibility index (Phi) is 9.32. The second kappa shape index (κ2) is 11.2. The zero-order chi connectivity index (χ0) is 15.3. The summed E-state index contributed by atoms with van der Waals surface area (Å²) in [5, 5.41) is 0. The van der Waals surface area contributed by atoms with Crippen molar-refractivity contribution in [1.29, 1.82) is 0 Å². The van der Waals surface area contributed by atoms with E-state index in [0.29, 0.717) is 17.9 Å². The molecule has 0 aliphatic rings. The Morgan fingerprint density at radius 2 is 1.81 bits per heavy atom. The fourth-order valence-corrected chi connectivity index (χ4v) is 2.08. The SMILES string of the molecule is CCCCCCCCCOc1ccc(C#CCN)c(F)c1. The largest absolute Gasteiger partial charge is 0.493 e. The van der Waals surface area contributed by atoms with Gasteiger partial charge in [-0.25, -0.2) is 4.39 Å². The molecule has 1 rings (SSSR count). The van der Waals surface area contributed by atoms with Crippen LogP contribution >= 0.6 is 0 Å². The van der Waals surface area contributed by atoms with E-state index < -0.39 is 0 Å². The number of ether oxygens (including phenoxy) is 1. The molecule has 0 bridgehead atoms. The van der Waals surface area contributed by atoms with Crippen molar-refractivity contribution in [3.8, 4) is 17.6 Å². The minimum absolute atomic E-state index is 0.232. The van der Waals surface area contributed by atoms with Gasteiger partial charge in [-0.05, 0) is 18.6 Å². The number of unbranched alkanes of at least 4 members (excludes halogenated alkanes) is 6. The number of halogens is 1. The van der Waals surface area contributed by atoms with Gasteiger partial charge >= 0.3 is 0 Å². The summed E-state index contributed by atoms with van der Waals surface area (Å²) in [4.78, 5) is 0.